The van der Waals surface area contributed by atoms with Crippen molar-refractivity contribution in [2.24, 2.45) is 0 Å². The summed E-state index contributed by atoms with van der Waals surface area (Å²) in [6, 6.07) is 17.5. The van der Waals surface area contributed by atoms with Gasteiger partial charge in [-0.25, -0.2) is 4.68 Å². The maximum Gasteiger partial charge on any atom is 0.227 e. The number of ether oxygens (including phenoxy) is 3. The van der Waals surface area contributed by atoms with E-state index >= 15 is 0 Å². The number of aryl methyl sites for hydroxylation is 1. The van der Waals surface area contributed by atoms with Crippen molar-refractivity contribution >= 4 is 0 Å². The molecular weight excluding hydrogens is 406 g/mol. The van der Waals surface area contributed by atoms with Crippen molar-refractivity contribution in [2.45, 2.75) is 32.9 Å². The van der Waals surface area contributed by atoms with Gasteiger partial charge >= 0.3 is 0 Å². The molecule has 3 aromatic rings. The van der Waals surface area contributed by atoms with Crippen molar-refractivity contribution in [2.75, 3.05) is 33.9 Å². The van der Waals surface area contributed by atoms with Crippen LogP contribution >= 0.6 is 0 Å². The molecule has 0 bridgehead atoms. The standard InChI is InChI=1S/C25H33N3O4/c1-5-21(29)17-27(15-16-30-3)18-22-19(2)26-28(20-11-7-6-8-12-20)25(22)32-24-14-10-9-13-23(24)31-4/h6-14,21,29H,5,15-18H2,1-4H3. The number of hydrogen-bond donors (Lipinski definition) is 1. The molecule has 1 N–H and O–H groups in total. The van der Waals surface area contributed by atoms with Crippen molar-refractivity contribution < 1.29 is 19.3 Å². The molecule has 0 spiro atoms. The Labute approximate surface area is 190 Å². The fourth-order valence-corrected chi connectivity index (χ4v) is 3.48. The van der Waals surface area contributed by atoms with Crippen molar-refractivity contribution in [3.63, 3.8) is 0 Å². The summed E-state index contributed by atoms with van der Waals surface area (Å²) < 4.78 is 19.0. The van der Waals surface area contributed by atoms with Gasteiger partial charge in [0.25, 0.3) is 0 Å². The highest BCUT2D eigenvalue weighted by Gasteiger charge is 2.23. The van der Waals surface area contributed by atoms with Crippen LogP contribution in [-0.4, -0.2) is 59.8 Å². The molecule has 1 aromatic heterocycles. The first-order valence-electron chi connectivity index (χ1n) is 10.9. The molecule has 0 saturated heterocycles. The molecule has 0 amide bonds. The summed E-state index contributed by atoms with van der Waals surface area (Å²) in [6.45, 7) is 6.35. The highest BCUT2D eigenvalue weighted by molar-refractivity contribution is 5.47. The minimum Gasteiger partial charge on any atom is -0.493 e. The van der Waals surface area contributed by atoms with Gasteiger partial charge in [0.2, 0.25) is 5.88 Å². The molecule has 0 aliphatic carbocycles. The first-order chi connectivity index (χ1) is 15.6. The quantitative estimate of drug-likeness (QED) is 0.456. The number of aliphatic hydroxyl groups excluding tert-OH is 1. The molecule has 0 radical (unpaired) electrons. The normalized spacial score (nSPS) is 12.2. The van der Waals surface area contributed by atoms with Crippen LogP contribution in [0.4, 0.5) is 0 Å². The third-order valence-corrected chi connectivity index (χ3v) is 5.35. The van der Waals surface area contributed by atoms with Crippen LogP contribution < -0.4 is 9.47 Å². The van der Waals surface area contributed by atoms with Crippen LogP contribution in [0.25, 0.3) is 5.69 Å². The first-order valence-corrected chi connectivity index (χ1v) is 10.9. The lowest BCUT2D eigenvalue weighted by atomic mass is 10.2. The number of para-hydroxylation sites is 3. The Kier molecular flexibility index (Phi) is 8.67. The molecule has 0 aliphatic heterocycles. The van der Waals surface area contributed by atoms with Gasteiger partial charge in [-0.2, -0.15) is 5.10 Å². The fraction of sp³-hybridized carbons (Fsp3) is 0.400. The number of aromatic nitrogens is 2. The molecule has 7 nitrogen and oxygen atoms in total. The molecule has 1 unspecified atom stereocenters. The fourth-order valence-electron chi connectivity index (χ4n) is 3.48. The van der Waals surface area contributed by atoms with Gasteiger partial charge in [0.1, 0.15) is 0 Å². The lowest BCUT2D eigenvalue weighted by Gasteiger charge is -2.25. The van der Waals surface area contributed by atoms with Gasteiger partial charge in [0, 0.05) is 26.7 Å². The van der Waals surface area contributed by atoms with Crippen molar-refractivity contribution in [1.82, 2.24) is 14.7 Å². The zero-order chi connectivity index (χ0) is 22.9. The van der Waals surface area contributed by atoms with E-state index in [0.29, 0.717) is 50.0 Å². The summed E-state index contributed by atoms with van der Waals surface area (Å²) in [5, 5.41) is 15.1. The van der Waals surface area contributed by atoms with Gasteiger partial charge < -0.3 is 19.3 Å². The van der Waals surface area contributed by atoms with Gasteiger partial charge in [0.05, 0.1) is 36.8 Å². The van der Waals surface area contributed by atoms with Crippen molar-refractivity contribution in [3.8, 4) is 23.1 Å². The highest BCUT2D eigenvalue weighted by Crippen LogP contribution is 2.36. The molecule has 32 heavy (non-hydrogen) atoms. The Hall–Kier alpha value is -2.87. The Balaban J connectivity index is 2.03. The Morgan fingerprint density at radius 2 is 1.72 bits per heavy atom. The summed E-state index contributed by atoms with van der Waals surface area (Å²) in [5.74, 6) is 1.89. The predicted molar refractivity (Wildman–Crippen MR) is 125 cm³/mol. The summed E-state index contributed by atoms with van der Waals surface area (Å²) in [4.78, 5) is 2.17. The number of benzene rings is 2. The third kappa shape index (κ3) is 5.88. The topological polar surface area (TPSA) is 69.0 Å². The van der Waals surface area contributed by atoms with Crippen LogP contribution in [0.1, 0.15) is 24.6 Å². The Morgan fingerprint density at radius 1 is 1.03 bits per heavy atom. The molecule has 2 aromatic carbocycles. The zero-order valence-electron chi connectivity index (χ0n) is 19.3. The van der Waals surface area contributed by atoms with E-state index in [0.717, 1.165) is 16.9 Å². The minimum atomic E-state index is -0.407. The van der Waals surface area contributed by atoms with E-state index in [-0.39, 0.29) is 0 Å². The number of nitrogens with zero attached hydrogens (tertiary/aromatic N) is 3. The van der Waals surface area contributed by atoms with E-state index in [1.54, 1.807) is 14.2 Å². The molecule has 172 valence electrons. The summed E-state index contributed by atoms with van der Waals surface area (Å²) in [7, 11) is 3.31. The van der Waals surface area contributed by atoms with E-state index in [9.17, 15) is 5.11 Å². The van der Waals surface area contributed by atoms with Crippen molar-refractivity contribution in [3.05, 3.63) is 65.9 Å². The molecule has 1 atom stereocenters. The second-order valence-electron chi connectivity index (χ2n) is 7.66. The van der Waals surface area contributed by atoms with Crippen LogP contribution in [-0.2, 0) is 11.3 Å². The van der Waals surface area contributed by atoms with Crippen LogP contribution in [0.2, 0.25) is 0 Å². The van der Waals surface area contributed by atoms with Crippen LogP contribution in [0.3, 0.4) is 0 Å². The average molecular weight is 440 g/mol. The van der Waals surface area contributed by atoms with Crippen LogP contribution in [0.5, 0.6) is 17.4 Å². The van der Waals surface area contributed by atoms with Gasteiger partial charge in [-0.1, -0.05) is 37.3 Å². The lowest BCUT2D eigenvalue weighted by molar-refractivity contribution is 0.0825. The Bertz CT molecular complexity index is 975. The third-order valence-electron chi connectivity index (χ3n) is 5.35. The zero-order valence-corrected chi connectivity index (χ0v) is 19.3. The number of rotatable bonds is 12. The van der Waals surface area contributed by atoms with Gasteiger partial charge in [0.15, 0.2) is 11.5 Å². The monoisotopic (exact) mass is 439 g/mol. The average Bonchev–Trinajstić information content (AvgIpc) is 3.13. The van der Waals surface area contributed by atoms with E-state index in [1.165, 1.54) is 0 Å². The molecule has 0 saturated carbocycles. The number of aliphatic hydroxyl groups is 1. The maximum absolute atomic E-state index is 10.3. The first kappa shape index (κ1) is 23.8. The molecule has 7 heteroatoms. The van der Waals surface area contributed by atoms with E-state index in [4.69, 9.17) is 19.3 Å². The maximum atomic E-state index is 10.3. The molecule has 1 heterocycles. The summed E-state index contributed by atoms with van der Waals surface area (Å²) in [5.41, 5.74) is 2.73. The molecular formula is C25H33N3O4. The van der Waals surface area contributed by atoms with E-state index < -0.39 is 6.10 Å². The minimum absolute atomic E-state index is 0.407. The second kappa shape index (κ2) is 11.7. The van der Waals surface area contributed by atoms with E-state index in [2.05, 4.69) is 4.90 Å². The summed E-state index contributed by atoms with van der Waals surface area (Å²) in [6.07, 6.45) is 0.283. The van der Waals surface area contributed by atoms with Crippen LogP contribution in [0, 0.1) is 6.92 Å². The summed E-state index contributed by atoms with van der Waals surface area (Å²) >= 11 is 0. The van der Waals surface area contributed by atoms with Crippen molar-refractivity contribution in [1.29, 1.82) is 0 Å². The van der Waals surface area contributed by atoms with Crippen LogP contribution in [0.15, 0.2) is 54.6 Å². The van der Waals surface area contributed by atoms with Gasteiger partial charge in [-0.15, -0.1) is 0 Å². The second-order valence-corrected chi connectivity index (χ2v) is 7.66. The molecule has 3 rings (SSSR count). The number of methoxy groups -OCH3 is 2. The smallest absolute Gasteiger partial charge is 0.227 e. The van der Waals surface area contributed by atoms with Gasteiger partial charge in [-0.05, 0) is 37.6 Å². The Morgan fingerprint density at radius 3 is 2.38 bits per heavy atom. The number of hydrogen-bond acceptors (Lipinski definition) is 6. The highest BCUT2D eigenvalue weighted by atomic mass is 16.5. The van der Waals surface area contributed by atoms with E-state index in [1.807, 2.05) is 73.1 Å². The largest absolute Gasteiger partial charge is 0.493 e. The molecule has 0 fully saturated rings. The lowest BCUT2D eigenvalue weighted by Crippen LogP contribution is -2.34. The predicted octanol–water partition coefficient (Wildman–Crippen LogP) is 4.20. The SMILES string of the molecule is CCC(O)CN(CCOC)Cc1c(C)nn(-c2ccccc2)c1Oc1ccccc1OC. The van der Waals surface area contributed by atoms with Gasteiger partial charge in [-0.3, -0.25) is 4.90 Å². The molecule has 0 aliphatic rings.